The summed E-state index contributed by atoms with van der Waals surface area (Å²) in [7, 11) is 0. The predicted molar refractivity (Wildman–Crippen MR) is 74.0 cm³/mol. The molecule has 0 amide bonds. The molecule has 0 spiro atoms. The first kappa shape index (κ1) is 13.4. The number of likely N-dealkylation sites (tertiary alicyclic amines) is 1. The minimum Gasteiger partial charge on any atom is -0.325 e. The third-order valence-corrected chi connectivity index (χ3v) is 5.08. The van der Waals surface area contributed by atoms with Crippen LogP contribution in [0.25, 0.3) is 0 Å². The zero-order valence-corrected chi connectivity index (χ0v) is 11.8. The Morgan fingerprint density at radius 3 is 2.53 bits per heavy atom. The van der Waals surface area contributed by atoms with Crippen molar-refractivity contribution < 1.29 is 0 Å². The summed E-state index contributed by atoms with van der Waals surface area (Å²) in [6, 6.07) is 0. The van der Waals surface area contributed by atoms with Gasteiger partial charge in [-0.05, 0) is 76.4 Å². The molecule has 2 rings (SSSR count). The van der Waals surface area contributed by atoms with Gasteiger partial charge in [0, 0.05) is 5.54 Å². The first-order valence-corrected chi connectivity index (χ1v) is 7.60. The second-order valence-electron chi connectivity index (χ2n) is 6.74. The highest BCUT2D eigenvalue weighted by molar-refractivity contribution is 4.93. The van der Waals surface area contributed by atoms with Gasteiger partial charge in [-0.25, -0.2) is 0 Å². The minimum atomic E-state index is 0.212. The summed E-state index contributed by atoms with van der Waals surface area (Å²) < 4.78 is 0. The molecule has 1 aliphatic heterocycles. The van der Waals surface area contributed by atoms with E-state index < -0.39 is 0 Å². The third kappa shape index (κ3) is 3.69. The molecule has 0 aromatic carbocycles. The van der Waals surface area contributed by atoms with E-state index >= 15 is 0 Å². The monoisotopic (exact) mass is 238 g/mol. The SMILES string of the molecule is CC(C)C1CCCN(CCC2(N)CCC2)CC1. The molecule has 1 atom stereocenters. The third-order valence-electron chi connectivity index (χ3n) is 5.08. The number of rotatable bonds is 4. The molecule has 100 valence electrons. The zero-order valence-electron chi connectivity index (χ0n) is 11.8. The van der Waals surface area contributed by atoms with E-state index in [1.165, 1.54) is 64.6 Å². The quantitative estimate of drug-likeness (QED) is 0.816. The van der Waals surface area contributed by atoms with Crippen LogP contribution in [0.5, 0.6) is 0 Å². The average molecular weight is 238 g/mol. The van der Waals surface area contributed by atoms with Crippen LogP contribution in [-0.4, -0.2) is 30.1 Å². The largest absolute Gasteiger partial charge is 0.325 e. The van der Waals surface area contributed by atoms with Gasteiger partial charge in [-0.15, -0.1) is 0 Å². The van der Waals surface area contributed by atoms with Crippen LogP contribution >= 0.6 is 0 Å². The maximum atomic E-state index is 6.31. The summed E-state index contributed by atoms with van der Waals surface area (Å²) in [6.07, 6.45) is 9.31. The lowest BCUT2D eigenvalue weighted by Gasteiger charge is -2.39. The fourth-order valence-corrected chi connectivity index (χ4v) is 3.33. The molecule has 1 saturated heterocycles. The molecule has 2 heteroatoms. The molecule has 0 radical (unpaired) electrons. The molecule has 2 aliphatic rings. The van der Waals surface area contributed by atoms with E-state index in [1.807, 2.05) is 0 Å². The molecule has 0 aromatic rings. The molecule has 0 bridgehead atoms. The van der Waals surface area contributed by atoms with Crippen molar-refractivity contribution in [3.05, 3.63) is 0 Å². The van der Waals surface area contributed by atoms with E-state index in [4.69, 9.17) is 5.73 Å². The van der Waals surface area contributed by atoms with Gasteiger partial charge in [0.25, 0.3) is 0 Å². The smallest absolute Gasteiger partial charge is 0.0166 e. The lowest BCUT2D eigenvalue weighted by molar-refractivity contribution is 0.182. The van der Waals surface area contributed by atoms with Crippen LogP contribution in [0.15, 0.2) is 0 Å². The van der Waals surface area contributed by atoms with E-state index in [2.05, 4.69) is 18.7 Å². The van der Waals surface area contributed by atoms with Crippen LogP contribution in [0.2, 0.25) is 0 Å². The predicted octanol–water partition coefficient (Wildman–Crippen LogP) is 3.02. The van der Waals surface area contributed by atoms with Crippen molar-refractivity contribution in [2.45, 2.75) is 64.3 Å². The number of hydrogen-bond acceptors (Lipinski definition) is 2. The van der Waals surface area contributed by atoms with E-state index in [1.54, 1.807) is 0 Å². The van der Waals surface area contributed by atoms with E-state index in [-0.39, 0.29) is 5.54 Å². The van der Waals surface area contributed by atoms with Crippen LogP contribution in [0, 0.1) is 11.8 Å². The van der Waals surface area contributed by atoms with Gasteiger partial charge in [0.1, 0.15) is 0 Å². The van der Waals surface area contributed by atoms with Crippen molar-refractivity contribution in [1.82, 2.24) is 4.90 Å². The highest BCUT2D eigenvalue weighted by Gasteiger charge is 2.32. The van der Waals surface area contributed by atoms with Gasteiger partial charge >= 0.3 is 0 Å². The lowest BCUT2D eigenvalue weighted by Crippen LogP contribution is -2.48. The zero-order chi connectivity index (χ0) is 12.3. The lowest BCUT2D eigenvalue weighted by atomic mass is 9.75. The molecule has 1 heterocycles. The summed E-state index contributed by atoms with van der Waals surface area (Å²) in [5.74, 6) is 1.82. The summed E-state index contributed by atoms with van der Waals surface area (Å²) >= 11 is 0. The van der Waals surface area contributed by atoms with Crippen LogP contribution in [-0.2, 0) is 0 Å². The molecule has 0 aromatic heterocycles. The van der Waals surface area contributed by atoms with Crippen molar-refractivity contribution in [2.24, 2.45) is 17.6 Å². The standard InChI is InChI=1S/C15H30N2/c1-13(2)14-5-3-10-17(11-6-14)12-9-15(16)7-4-8-15/h13-14H,3-12,16H2,1-2H3. The van der Waals surface area contributed by atoms with Crippen LogP contribution in [0.4, 0.5) is 0 Å². The number of hydrogen-bond donors (Lipinski definition) is 1. The molecule has 1 saturated carbocycles. The minimum absolute atomic E-state index is 0.212. The second kappa shape index (κ2) is 5.71. The van der Waals surface area contributed by atoms with E-state index in [0.717, 1.165) is 11.8 Å². The van der Waals surface area contributed by atoms with Crippen LogP contribution in [0.1, 0.15) is 58.8 Å². The van der Waals surface area contributed by atoms with Crippen molar-refractivity contribution in [3.8, 4) is 0 Å². The van der Waals surface area contributed by atoms with Crippen molar-refractivity contribution in [3.63, 3.8) is 0 Å². The highest BCUT2D eigenvalue weighted by atomic mass is 15.1. The Labute approximate surface area is 107 Å². The van der Waals surface area contributed by atoms with Gasteiger partial charge in [0.2, 0.25) is 0 Å². The van der Waals surface area contributed by atoms with Gasteiger partial charge in [-0.3, -0.25) is 0 Å². The first-order valence-electron chi connectivity index (χ1n) is 7.60. The van der Waals surface area contributed by atoms with Crippen LogP contribution < -0.4 is 5.73 Å². The Bertz CT molecular complexity index is 233. The molecule has 2 nitrogen and oxygen atoms in total. The molecule has 2 fully saturated rings. The summed E-state index contributed by atoms with van der Waals surface area (Å²) in [5.41, 5.74) is 6.52. The van der Waals surface area contributed by atoms with Gasteiger partial charge < -0.3 is 10.6 Å². The molecular weight excluding hydrogens is 208 g/mol. The van der Waals surface area contributed by atoms with Crippen molar-refractivity contribution >= 4 is 0 Å². The molecule has 2 N–H and O–H groups in total. The number of nitrogens with zero attached hydrogens (tertiary/aromatic N) is 1. The van der Waals surface area contributed by atoms with Gasteiger partial charge in [0.15, 0.2) is 0 Å². The van der Waals surface area contributed by atoms with E-state index in [9.17, 15) is 0 Å². The maximum absolute atomic E-state index is 6.31. The van der Waals surface area contributed by atoms with E-state index in [0.29, 0.717) is 0 Å². The Hall–Kier alpha value is -0.0800. The topological polar surface area (TPSA) is 29.3 Å². The normalized spacial score (nSPS) is 30.0. The summed E-state index contributed by atoms with van der Waals surface area (Å²) in [6.45, 7) is 8.60. The summed E-state index contributed by atoms with van der Waals surface area (Å²) in [4.78, 5) is 2.66. The Kier molecular flexibility index (Phi) is 4.48. The van der Waals surface area contributed by atoms with Gasteiger partial charge in [-0.2, -0.15) is 0 Å². The second-order valence-corrected chi connectivity index (χ2v) is 6.74. The fourth-order valence-electron chi connectivity index (χ4n) is 3.33. The highest BCUT2D eigenvalue weighted by Crippen LogP contribution is 2.32. The Morgan fingerprint density at radius 2 is 1.94 bits per heavy atom. The number of nitrogens with two attached hydrogens (primary N) is 1. The first-order chi connectivity index (χ1) is 8.09. The van der Waals surface area contributed by atoms with Gasteiger partial charge in [-0.1, -0.05) is 13.8 Å². The van der Waals surface area contributed by atoms with Crippen molar-refractivity contribution in [1.29, 1.82) is 0 Å². The van der Waals surface area contributed by atoms with Crippen LogP contribution in [0.3, 0.4) is 0 Å². The van der Waals surface area contributed by atoms with Crippen molar-refractivity contribution in [2.75, 3.05) is 19.6 Å². The molecule has 1 unspecified atom stereocenters. The maximum Gasteiger partial charge on any atom is 0.0166 e. The Morgan fingerprint density at radius 1 is 1.18 bits per heavy atom. The van der Waals surface area contributed by atoms with Gasteiger partial charge in [0.05, 0.1) is 0 Å². The molecule has 1 aliphatic carbocycles. The molecule has 17 heavy (non-hydrogen) atoms. The Balaban J connectivity index is 1.71. The summed E-state index contributed by atoms with van der Waals surface area (Å²) in [5, 5.41) is 0. The fraction of sp³-hybridized carbons (Fsp3) is 1.00. The molecular formula is C15H30N2. The average Bonchev–Trinajstić information content (AvgIpc) is 2.49.